The van der Waals surface area contributed by atoms with Crippen LogP contribution >= 0.6 is 0 Å². The maximum absolute atomic E-state index is 13.0. The number of benzene rings is 1. The first kappa shape index (κ1) is 20.5. The van der Waals surface area contributed by atoms with Gasteiger partial charge in [-0.05, 0) is 42.2 Å². The molecule has 0 spiro atoms. The largest absolute Gasteiger partial charge is 0.377 e. The fourth-order valence-corrected chi connectivity index (χ4v) is 2.93. The van der Waals surface area contributed by atoms with Crippen molar-refractivity contribution in [3.05, 3.63) is 75.3 Å². The van der Waals surface area contributed by atoms with Crippen LogP contribution in [0.15, 0.2) is 45.8 Å². The number of methoxy groups -OCH3 is 1. The van der Waals surface area contributed by atoms with Crippen LogP contribution in [0.5, 0.6) is 0 Å². The monoisotopic (exact) mass is 396 g/mol. The summed E-state index contributed by atoms with van der Waals surface area (Å²) in [4.78, 5) is 29.9. The van der Waals surface area contributed by atoms with Crippen LogP contribution in [0.2, 0.25) is 0 Å². The molecule has 29 heavy (non-hydrogen) atoms. The molecular formula is C21H24N4O4. The zero-order valence-corrected chi connectivity index (χ0v) is 16.9. The predicted molar refractivity (Wildman–Crippen MR) is 107 cm³/mol. The molecule has 0 aliphatic carbocycles. The average Bonchev–Trinajstić information content (AvgIpc) is 3.14. The average molecular weight is 396 g/mol. The molecule has 1 N–H and O–H groups in total. The summed E-state index contributed by atoms with van der Waals surface area (Å²) in [6.07, 6.45) is 1.68. The quantitative estimate of drug-likeness (QED) is 0.659. The molecule has 3 rings (SSSR count). The minimum Gasteiger partial charge on any atom is -0.377 e. The molecule has 0 saturated heterocycles. The summed E-state index contributed by atoms with van der Waals surface area (Å²) < 4.78 is 11.5. The summed E-state index contributed by atoms with van der Waals surface area (Å²) in [5.74, 6) is 0.466. The lowest BCUT2D eigenvalue weighted by atomic mass is 10.0. The van der Waals surface area contributed by atoms with Gasteiger partial charge in [0.15, 0.2) is 5.82 Å². The number of carbonyl (C=O) groups is 1. The maximum atomic E-state index is 13.0. The molecular weight excluding hydrogens is 372 g/mol. The number of hydrogen-bond acceptors (Lipinski definition) is 6. The van der Waals surface area contributed by atoms with Gasteiger partial charge in [-0.1, -0.05) is 31.1 Å². The van der Waals surface area contributed by atoms with E-state index < -0.39 is 5.91 Å². The van der Waals surface area contributed by atoms with E-state index in [9.17, 15) is 9.59 Å². The first-order valence-electron chi connectivity index (χ1n) is 9.32. The van der Waals surface area contributed by atoms with Crippen molar-refractivity contribution in [2.45, 2.75) is 39.8 Å². The van der Waals surface area contributed by atoms with Crippen LogP contribution in [-0.2, 0) is 17.9 Å². The third-order valence-corrected chi connectivity index (χ3v) is 4.53. The van der Waals surface area contributed by atoms with Crippen LogP contribution in [0.25, 0.3) is 5.69 Å². The van der Waals surface area contributed by atoms with Crippen LogP contribution in [-0.4, -0.2) is 27.7 Å². The van der Waals surface area contributed by atoms with E-state index in [2.05, 4.69) is 29.3 Å². The molecule has 2 aromatic heterocycles. The Balaban J connectivity index is 1.85. The van der Waals surface area contributed by atoms with Crippen LogP contribution in [0.3, 0.4) is 0 Å². The number of carbonyl (C=O) groups excluding carboxylic acids is 1. The van der Waals surface area contributed by atoms with E-state index in [0.29, 0.717) is 17.3 Å². The van der Waals surface area contributed by atoms with Crippen LogP contribution in [0, 0.1) is 6.92 Å². The molecule has 0 saturated carbocycles. The molecule has 0 fully saturated rings. The minimum atomic E-state index is -0.492. The van der Waals surface area contributed by atoms with Crippen LogP contribution in [0.4, 0.5) is 0 Å². The molecule has 8 nitrogen and oxygen atoms in total. The lowest BCUT2D eigenvalue weighted by molar-refractivity contribution is 0.0943. The summed E-state index contributed by atoms with van der Waals surface area (Å²) in [7, 11) is 1.53. The van der Waals surface area contributed by atoms with Gasteiger partial charge in [-0.25, -0.2) is 0 Å². The Kier molecular flexibility index (Phi) is 6.23. The topological polar surface area (TPSA) is 99.3 Å². The van der Waals surface area contributed by atoms with Crippen molar-refractivity contribution in [3.63, 3.8) is 0 Å². The molecule has 0 aliphatic rings. The second-order valence-electron chi connectivity index (χ2n) is 7.02. The molecule has 1 amide bonds. The first-order chi connectivity index (χ1) is 13.9. The molecule has 8 heteroatoms. The number of hydrogen-bond donors (Lipinski definition) is 1. The van der Waals surface area contributed by atoms with E-state index in [1.54, 1.807) is 19.2 Å². The van der Waals surface area contributed by atoms with E-state index in [4.69, 9.17) is 9.26 Å². The standard InChI is InChI=1S/C21H24N4O4/c1-13(2)15-6-5-7-16(10-15)25-9-8-14(3)19(21(25)27)20(26)22-11-18-23-17(12-28-4)24-29-18/h5-10,13H,11-12H2,1-4H3,(H,22,26). The van der Waals surface area contributed by atoms with Crippen molar-refractivity contribution in [3.8, 4) is 5.69 Å². The molecule has 0 bridgehead atoms. The number of nitrogens with zero attached hydrogens (tertiary/aromatic N) is 3. The Morgan fingerprint density at radius 1 is 1.31 bits per heavy atom. The molecule has 3 aromatic rings. The van der Waals surface area contributed by atoms with Crippen molar-refractivity contribution in [2.24, 2.45) is 0 Å². The fraction of sp³-hybridized carbons (Fsp3) is 0.333. The van der Waals surface area contributed by atoms with Gasteiger partial charge in [0.25, 0.3) is 11.5 Å². The van der Waals surface area contributed by atoms with Gasteiger partial charge in [0.1, 0.15) is 12.2 Å². The van der Waals surface area contributed by atoms with Gasteiger partial charge in [-0.15, -0.1) is 0 Å². The summed E-state index contributed by atoms with van der Waals surface area (Å²) in [5, 5.41) is 6.41. The number of pyridine rings is 1. The maximum Gasteiger partial charge on any atom is 0.268 e. The van der Waals surface area contributed by atoms with Gasteiger partial charge < -0.3 is 14.6 Å². The summed E-state index contributed by atoms with van der Waals surface area (Å²) in [6.45, 7) is 6.15. The highest BCUT2D eigenvalue weighted by Gasteiger charge is 2.18. The predicted octanol–water partition coefficient (Wildman–Crippen LogP) is 2.73. The summed E-state index contributed by atoms with van der Waals surface area (Å²) in [5.41, 5.74) is 2.13. The Bertz CT molecular complexity index is 1070. The lowest BCUT2D eigenvalue weighted by Gasteiger charge is -2.13. The highest BCUT2D eigenvalue weighted by Crippen LogP contribution is 2.17. The molecule has 0 radical (unpaired) electrons. The van der Waals surface area contributed by atoms with E-state index >= 15 is 0 Å². The highest BCUT2D eigenvalue weighted by molar-refractivity contribution is 5.95. The summed E-state index contributed by atoms with van der Waals surface area (Å²) in [6, 6.07) is 9.48. The first-order valence-corrected chi connectivity index (χ1v) is 9.32. The van der Waals surface area contributed by atoms with E-state index in [1.165, 1.54) is 11.7 Å². The summed E-state index contributed by atoms with van der Waals surface area (Å²) >= 11 is 0. The number of amides is 1. The molecule has 0 atom stereocenters. The van der Waals surface area contributed by atoms with E-state index in [-0.39, 0.29) is 30.2 Å². The Morgan fingerprint density at radius 2 is 2.10 bits per heavy atom. The van der Waals surface area contributed by atoms with E-state index in [0.717, 1.165) is 11.3 Å². The third-order valence-electron chi connectivity index (χ3n) is 4.53. The van der Waals surface area contributed by atoms with Crippen LogP contribution in [0.1, 0.15) is 53.0 Å². The van der Waals surface area contributed by atoms with Gasteiger partial charge in [-0.2, -0.15) is 4.98 Å². The van der Waals surface area contributed by atoms with Gasteiger partial charge in [0, 0.05) is 19.0 Å². The van der Waals surface area contributed by atoms with Gasteiger partial charge in [0.2, 0.25) is 5.89 Å². The zero-order chi connectivity index (χ0) is 21.0. The highest BCUT2D eigenvalue weighted by atomic mass is 16.5. The normalized spacial score (nSPS) is 11.1. The van der Waals surface area contributed by atoms with Crippen molar-refractivity contribution in [1.82, 2.24) is 20.0 Å². The van der Waals surface area contributed by atoms with Crippen LogP contribution < -0.4 is 10.9 Å². The van der Waals surface area contributed by atoms with Crippen molar-refractivity contribution in [2.75, 3.05) is 7.11 Å². The van der Waals surface area contributed by atoms with Crippen molar-refractivity contribution in [1.29, 1.82) is 0 Å². The van der Waals surface area contributed by atoms with Gasteiger partial charge in [0.05, 0.1) is 6.54 Å². The van der Waals surface area contributed by atoms with Crippen molar-refractivity contribution >= 4 is 5.91 Å². The fourth-order valence-electron chi connectivity index (χ4n) is 2.93. The van der Waals surface area contributed by atoms with Gasteiger partial charge in [-0.3, -0.25) is 14.2 Å². The molecule has 2 heterocycles. The second-order valence-corrected chi connectivity index (χ2v) is 7.02. The Hall–Kier alpha value is -3.26. The molecule has 1 aromatic carbocycles. The Labute approximate surface area is 168 Å². The lowest BCUT2D eigenvalue weighted by Crippen LogP contribution is -2.33. The minimum absolute atomic E-state index is 0.0200. The number of nitrogens with one attached hydrogen (secondary N) is 1. The zero-order valence-electron chi connectivity index (χ0n) is 16.9. The van der Waals surface area contributed by atoms with Gasteiger partial charge >= 0.3 is 0 Å². The molecule has 0 unspecified atom stereocenters. The van der Waals surface area contributed by atoms with Crippen molar-refractivity contribution < 1.29 is 14.1 Å². The Morgan fingerprint density at radius 3 is 2.83 bits per heavy atom. The molecule has 152 valence electrons. The smallest absolute Gasteiger partial charge is 0.268 e. The number of rotatable bonds is 7. The third kappa shape index (κ3) is 4.60. The number of ether oxygens (including phenoxy) is 1. The van der Waals surface area contributed by atoms with E-state index in [1.807, 2.05) is 24.3 Å². The molecule has 0 aliphatic heterocycles. The second kappa shape index (κ2) is 8.83. The number of aryl methyl sites for hydroxylation is 1. The SMILES string of the molecule is COCc1noc(CNC(=O)c2c(C)ccn(-c3cccc(C(C)C)c3)c2=O)n1. The number of aromatic nitrogens is 3.